The molecule has 4 atom stereocenters. The third kappa shape index (κ3) is 2.60. The molecule has 0 nitrogen and oxygen atoms in total. The lowest BCUT2D eigenvalue weighted by molar-refractivity contribution is -0.240. The van der Waals surface area contributed by atoms with E-state index < -0.39 is 0 Å². The Morgan fingerprint density at radius 1 is 0.536 bits per heavy atom. The van der Waals surface area contributed by atoms with E-state index in [0.29, 0.717) is 0 Å². The van der Waals surface area contributed by atoms with Crippen molar-refractivity contribution in [3.63, 3.8) is 0 Å². The van der Waals surface area contributed by atoms with Crippen LogP contribution in [0.25, 0.3) is 0 Å². The zero-order valence-corrected chi connectivity index (χ0v) is 19.0. The Balaban J connectivity index is 1.35. The summed E-state index contributed by atoms with van der Waals surface area (Å²) in [6.45, 7) is 4.85. The molecule has 8 fully saturated rings. The third-order valence-electron chi connectivity index (χ3n) is 11.6. The molecule has 8 saturated carbocycles. The molecule has 8 rings (SSSR count). The Labute approximate surface area is 175 Å². The van der Waals surface area contributed by atoms with E-state index >= 15 is 0 Å². The lowest BCUT2D eigenvalue weighted by Gasteiger charge is -2.74. The molecule has 28 heavy (non-hydrogen) atoms. The van der Waals surface area contributed by atoms with Gasteiger partial charge in [0.15, 0.2) is 0 Å². The Morgan fingerprint density at radius 3 is 1.21 bits per heavy atom. The van der Waals surface area contributed by atoms with E-state index in [9.17, 15) is 0 Å². The van der Waals surface area contributed by atoms with Gasteiger partial charge in [-0.05, 0) is 135 Å². The zero-order chi connectivity index (χ0) is 19.0. The van der Waals surface area contributed by atoms with Gasteiger partial charge < -0.3 is 0 Å². The number of unbranched alkanes of at least 4 members (excludes halogenated alkanes) is 2. The first-order chi connectivity index (χ1) is 13.5. The highest BCUT2D eigenvalue weighted by Gasteiger charge is 2.69. The molecule has 0 heteroatoms. The van der Waals surface area contributed by atoms with Crippen LogP contribution in [0.2, 0.25) is 0 Å². The molecule has 8 bridgehead atoms. The van der Waals surface area contributed by atoms with Gasteiger partial charge in [-0.15, -0.1) is 0 Å². The molecule has 8 aliphatic rings. The summed E-state index contributed by atoms with van der Waals surface area (Å²) < 4.78 is 0. The fourth-order valence-electron chi connectivity index (χ4n) is 11.8. The Hall–Kier alpha value is 0. The van der Waals surface area contributed by atoms with Gasteiger partial charge in [0, 0.05) is 0 Å². The second-order valence-electron chi connectivity index (χ2n) is 13.7. The van der Waals surface area contributed by atoms with Crippen molar-refractivity contribution in [3.8, 4) is 0 Å². The smallest absolute Gasteiger partial charge is 0.0230 e. The second kappa shape index (κ2) is 6.26. The van der Waals surface area contributed by atoms with Crippen molar-refractivity contribution in [3.05, 3.63) is 0 Å². The van der Waals surface area contributed by atoms with Crippen LogP contribution in [0.15, 0.2) is 0 Å². The topological polar surface area (TPSA) is 0 Å². The van der Waals surface area contributed by atoms with Crippen LogP contribution in [0.4, 0.5) is 0 Å². The predicted molar refractivity (Wildman–Crippen MR) is 118 cm³/mol. The van der Waals surface area contributed by atoms with E-state index in [1.165, 1.54) is 25.7 Å². The fraction of sp³-hybridized carbons (Fsp3) is 1.00. The quantitative estimate of drug-likeness (QED) is 0.414. The van der Waals surface area contributed by atoms with Gasteiger partial charge in [-0.1, -0.05) is 39.5 Å². The van der Waals surface area contributed by atoms with Crippen LogP contribution in [-0.4, -0.2) is 0 Å². The molecule has 0 aliphatic heterocycles. The zero-order valence-electron chi connectivity index (χ0n) is 19.0. The molecular weight excluding hydrogens is 336 g/mol. The molecule has 0 aromatic heterocycles. The summed E-state index contributed by atoms with van der Waals surface area (Å²) in [7, 11) is 0. The molecule has 4 unspecified atom stereocenters. The molecule has 0 saturated heterocycles. The van der Waals surface area contributed by atoms with Gasteiger partial charge in [-0.3, -0.25) is 0 Å². The van der Waals surface area contributed by atoms with E-state index in [2.05, 4.69) is 13.8 Å². The third-order valence-corrected chi connectivity index (χ3v) is 11.6. The van der Waals surface area contributed by atoms with Crippen LogP contribution in [0, 0.1) is 45.3 Å². The van der Waals surface area contributed by atoms with Crippen LogP contribution >= 0.6 is 0 Å². The Kier molecular flexibility index (Phi) is 4.19. The van der Waals surface area contributed by atoms with Crippen molar-refractivity contribution in [1.82, 2.24) is 0 Å². The van der Waals surface area contributed by atoms with Crippen molar-refractivity contribution in [1.29, 1.82) is 0 Å². The summed E-state index contributed by atoms with van der Waals surface area (Å²) in [5.74, 6) is 4.49. The van der Waals surface area contributed by atoms with E-state index in [1.807, 2.05) is 0 Å². The highest BCUT2D eigenvalue weighted by Crippen LogP contribution is 2.79. The van der Waals surface area contributed by atoms with Gasteiger partial charge >= 0.3 is 0 Å². The standard InChI is InChI=1S/C28H46/c1-3-5-7-25-11-21-9-22(12-25)16-27(15-21,19-25)28-17-23-10-24(18-28)14-26(13-23,20-28)8-6-4-2/h21-24H,3-20H2,1-2H3. The van der Waals surface area contributed by atoms with Gasteiger partial charge in [-0.2, -0.15) is 0 Å². The van der Waals surface area contributed by atoms with E-state index in [-0.39, 0.29) is 0 Å². The van der Waals surface area contributed by atoms with Crippen molar-refractivity contribution in [2.24, 2.45) is 45.3 Å². The van der Waals surface area contributed by atoms with Gasteiger partial charge in [0.05, 0.1) is 0 Å². The first kappa shape index (κ1) is 18.7. The maximum absolute atomic E-state index is 2.42. The number of rotatable bonds is 7. The highest BCUT2D eigenvalue weighted by molar-refractivity contribution is 5.19. The summed E-state index contributed by atoms with van der Waals surface area (Å²) in [4.78, 5) is 0. The summed E-state index contributed by atoms with van der Waals surface area (Å²) >= 11 is 0. The van der Waals surface area contributed by atoms with Crippen LogP contribution in [0.1, 0.15) is 129 Å². The van der Waals surface area contributed by atoms with Crippen molar-refractivity contribution < 1.29 is 0 Å². The largest absolute Gasteiger partial charge is 0.0654 e. The maximum Gasteiger partial charge on any atom is -0.0230 e. The van der Waals surface area contributed by atoms with E-state index in [0.717, 1.165) is 45.3 Å². The first-order valence-electron chi connectivity index (χ1n) is 13.5. The minimum Gasteiger partial charge on any atom is -0.0654 e. The fourth-order valence-corrected chi connectivity index (χ4v) is 11.8. The molecular formula is C28H46. The summed E-state index contributed by atoms with van der Waals surface area (Å²) in [5, 5.41) is 0. The monoisotopic (exact) mass is 382 g/mol. The summed E-state index contributed by atoms with van der Waals surface area (Å²) in [6.07, 6.45) is 28.8. The first-order valence-corrected chi connectivity index (χ1v) is 13.5. The second-order valence-corrected chi connectivity index (χ2v) is 13.7. The average molecular weight is 383 g/mol. The molecule has 0 aromatic carbocycles. The molecule has 0 N–H and O–H groups in total. The van der Waals surface area contributed by atoms with Crippen LogP contribution in [-0.2, 0) is 0 Å². The Morgan fingerprint density at radius 2 is 0.893 bits per heavy atom. The molecule has 8 aliphatic carbocycles. The summed E-state index contributed by atoms with van der Waals surface area (Å²) in [5.41, 5.74) is 3.17. The lowest BCUT2D eigenvalue weighted by atomic mass is 9.31. The summed E-state index contributed by atoms with van der Waals surface area (Å²) in [6, 6.07) is 0. The van der Waals surface area contributed by atoms with Crippen molar-refractivity contribution >= 4 is 0 Å². The minimum absolute atomic E-state index is 0.792. The van der Waals surface area contributed by atoms with Crippen LogP contribution < -0.4 is 0 Å². The molecule has 0 radical (unpaired) electrons. The molecule has 0 amide bonds. The van der Waals surface area contributed by atoms with Crippen LogP contribution in [0.5, 0.6) is 0 Å². The van der Waals surface area contributed by atoms with Gasteiger partial charge in [0.1, 0.15) is 0 Å². The molecule has 0 aromatic rings. The predicted octanol–water partition coefficient (Wildman–Crippen LogP) is 8.54. The SMILES string of the molecule is CCCCC12CC3CC(C1)CC(C14CC5CC(CC(CCCC)(C5)C1)C4)(C3)C2. The van der Waals surface area contributed by atoms with Crippen molar-refractivity contribution in [2.45, 2.75) is 129 Å². The van der Waals surface area contributed by atoms with E-state index in [1.54, 1.807) is 89.9 Å². The lowest BCUT2D eigenvalue weighted by Crippen LogP contribution is -2.64. The molecule has 158 valence electrons. The number of hydrogen-bond acceptors (Lipinski definition) is 0. The van der Waals surface area contributed by atoms with E-state index in [4.69, 9.17) is 0 Å². The maximum atomic E-state index is 2.42. The minimum atomic E-state index is 0.792. The highest BCUT2D eigenvalue weighted by atomic mass is 14.7. The Bertz CT molecular complexity index is 532. The average Bonchev–Trinajstić information content (AvgIpc) is 2.63. The van der Waals surface area contributed by atoms with Gasteiger partial charge in [-0.25, -0.2) is 0 Å². The normalized spacial score (nSPS) is 55.9. The van der Waals surface area contributed by atoms with Gasteiger partial charge in [0.25, 0.3) is 0 Å². The van der Waals surface area contributed by atoms with Crippen molar-refractivity contribution in [2.75, 3.05) is 0 Å². The van der Waals surface area contributed by atoms with Crippen LogP contribution in [0.3, 0.4) is 0 Å². The molecule has 0 spiro atoms. The molecule has 0 heterocycles. The number of hydrogen-bond donors (Lipinski definition) is 0. The van der Waals surface area contributed by atoms with Gasteiger partial charge in [0.2, 0.25) is 0 Å².